The van der Waals surface area contributed by atoms with Crippen LogP contribution in [0.15, 0.2) is 23.1 Å². The van der Waals surface area contributed by atoms with Gasteiger partial charge >= 0.3 is 0 Å². The van der Waals surface area contributed by atoms with Gasteiger partial charge in [-0.05, 0) is 56.5 Å². The second-order valence-corrected chi connectivity index (χ2v) is 7.14. The lowest BCUT2D eigenvalue weighted by molar-refractivity contribution is 0.313. The molecule has 2 fully saturated rings. The number of nitrogens with two attached hydrogens (primary N) is 1. The number of hydrogen-bond donors (Lipinski definition) is 1. The lowest BCUT2D eigenvalue weighted by Gasteiger charge is -2.20. The summed E-state index contributed by atoms with van der Waals surface area (Å²) in [6.45, 7) is 1.74. The Hall–Kier alpha value is -0.580. The molecule has 2 unspecified atom stereocenters. The van der Waals surface area contributed by atoms with Crippen molar-refractivity contribution in [1.82, 2.24) is 4.90 Å². The van der Waals surface area contributed by atoms with Crippen LogP contribution in [0.5, 0.6) is 0 Å². The predicted octanol–water partition coefficient (Wildman–Crippen LogP) is 3.03. The zero-order valence-corrected chi connectivity index (χ0v) is 12.1. The number of benzene rings is 1. The van der Waals surface area contributed by atoms with Gasteiger partial charge in [0.15, 0.2) is 0 Å². The summed E-state index contributed by atoms with van der Waals surface area (Å²) in [5.74, 6) is 0.484. The third-order valence-corrected chi connectivity index (χ3v) is 5.52. The zero-order chi connectivity index (χ0) is 13.4. The summed E-state index contributed by atoms with van der Waals surface area (Å²) in [6, 6.07) is 6.10. The normalized spacial score (nSPS) is 27.9. The summed E-state index contributed by atoms with van der Waals surface area (Å²) in [5, 5.41) is 0.649. The van der Waals surface area contributed by atoms with Crippen molar-refractivity contribution < 1.29 is 4.39 Å². The lowest BCUT2D eigenvalue weighted by Crippen LogP contribution is -2.20. The molecule has 1 saturated heterocycles. The molecule has 2 aliphatic rings. The van der Waals surface area contributed by atoms with E-state index in [0.717, 1.165) is 30.0 Å². The van der Waals surface area contributed by atoms with Gasteiger partial charge in [-0.25, -0.2) is 4.39 Å². The smallest absolute Gasteiger partial charge is 0.137 e. The van der Waals surface area contributed by atoms with Gasteiger partial charge in [-0.15, -0.1) is 11.8 Å². The number of halogens is 1. The number of nitrogens with zero attached hydrogens (tertiary/aromatic N) is 1. The molecule has 4 heteroatoms. The van der Waals surface area contributed by atoms with Crippen molar-refractivity contribution in [2.45, 2.75) is 35.4 Å². The molecular formula is C15H21FN2S. The van der Waals surface area contributed by atoms with Gasteiger partial charge in [0.2, 0.25) is 0 Å². The quantitative estimate of drug-likeness (QED) is 0.919. The van der Waals surface area contributed by atoms with Crippen LogP contribution in [0.1, 0.15) is 30.9 Å². The topological polar surface area (TPSA) is 29.3 Å². The van der Waals surface area contributed by atoms with E-state index in [1.54, 1.807) is 17.8 Å². The molecule has 0 bridgehead atoms. The van der Waals surface area contributed by atoms with E-state index in [1.807, 2.05) is 6.07 Å². The average molecular weight is 280 g/mol. The van der Waals surface area contributed by atoms with E-state index in [4.69, 9.17) is 5.73 Å². The molecule has 19 heavy (non-hydrogen) atoms. The standard InChI is InChI=1S/C15H21FN2S/c1-18-9-10(8-17)6-14(18)11-2-5-15(13(16)7-11)19-12-3-4-12/h2,5,7,10,12,14H,3-4,6,8-9,17H2,1H3. The maximum absolute atomic E-state index is 14.1. The zero-order valence-electron chi connectivity index (χ0n) is 11.3. The minimum Gasteiger partial charge on any atom is -0.330 e. The first-order valence-corrected chi connectivity index (χ1v) is 7.91. The maximum Gasteiger partial charge on any atom is 0.137 e. The third kappa shape index (κ3) is 2.96. The van der Waals surface area contributed by atoms with Crippen LogP contribution in [0, 0.1) is 11.7 Å². The fraction of sp³-hybridized carbons (Fsp3) is 0.600. The van der Waals surface area contributed by atoms with E-state index in [9.17, 15) is 4.39 Å². The Morgan fingerprint density at radius 3 is 2.79 bits per heavy atom. The molecule has 1 heterocycles. The monoisotopic (exact) mass is 280 g/mol. The van der Waals surface area contributed by atoms with Gasteiger partial charge < -0.3 is 5.73 Å². The molecule has 1 aliphatic carbocycles. The molecule has 2 N–H and O–H groups in total. The van der Waals surface area contributed by atoms with Crippen LogP contribution in [0.25, 0.3) is 0 Å². The highest BCUT2D eigenvalue weighted by molar-refractivity contribution is 8.00. The second-order valence-electron chi connectivity index (χ2n) is 5.80. The molecule has 1 aliphatic heterocycles. The molecule has 1 aromatic carbocycles. The summed E-state index contributed by atoms with van der Waals surface area (Å²) < 4.78 is 14.1. The first-order valence-electron chi connectivity index (χ1n) is 7.03. The van der Waals surface area contributed by atoms with Gasteiger partial charge in [-0.2, -0.15) is 0 Å². The molecular weight excluding hydrogens is 259 g/mol. The van der Waals surface area contributed by atoms with Crippen LogP contribution in [0.3, 0.4) is 0 Å². The van der Waals surface area contributed by atoms with Crippen LogP contribution >= 0.6 is 11.8 Å². The molecule has 2 nitrogen and oxygen atoms in total. The molecule has 3 rings (SSSR count). The van der Waals surface area contributed by atoms with Gasteiger partial charge in [-0.1, -0.05) is 6.07 Å². The van der Waals surface area contributed by atoms with Crippen LogP contribution in [0.2, 0.25) is 0 Å². The maximum atomic E-state index is 14.1. The first-order chi connectivity index (χ1) is 9.17. The number of hydrogen-bond acceptors (Lipinski definition) is 3. The van der Waals surface area contributed by atoms with Gasteiger partial charge in [0, 0.05) is 22.7 Å². The summed E-state index contributed by atoms with van der Waals surface area (Å²) in [4.78, 5) is 3.10. The van der Waals surface area contributed by atoms with Crippen molar-refractivity contribution in [1.29, 1.82) is 0 Å². The van der Waals surface area contributed by atoms with Crippen molar-refractivity contribution >= 4 is 11.8 Å². The molecule has 0 amide bonds. The predicted molar refractivity (Wildman–Crippen MR) is 77.8 cm³/mol. The highest BCUT2D eigenvalue weighted by Gasteiger charge is 2.30. The summed E-state index contributed by atoms with van der Waals surface area (Å²) in [6.07, 6.45) is 3.51. The van der Waals surface area contributed by atoms with E-state index in [1.165, 1.54) is 12.8 Å². The van der Waals surface area contributed by atoms with Gasteiger partial charge in [0.05, 0.1) is 0 Å². The number of rotatable bonds is 4. The second kappa shape index (κ2) is 5.43. The van der Waals surface area contributed by atoms with Crippen molar-refractivity contribution in [3.8, 4) is 0 Å². The van der Waals surface area contributed by atoms with E-state index in [2.05, 4.69) is 18.0 Å². The largest absolute Gasteiger partial charge is 0.330 e. The van der Waals surface area contributed by atoms with Crippen LogP contribution in [-0.2, 0) is 0 Å². The highest BCUT2D eigenvalue weighted by Crippen LogP contribution is 2.41. The number of likely N-dealkylation sites (tertiary alicyclic amines) is 1. The van der Waals surface area contributed by atoms with Gasteiger partial charge in [-0.3, -0.25) is 4.90 Å². The Bertz CT molecular complexity index is 461. The Labute approximate surface area is 118 Å². The molecule has 1 saturated carbocycles. The van der Waals surface area contributed by atoms with Crippen molar-refractivity contribution in [3.05, 3.63) is 29.6 Å². The van der Waals surface area contributed by atoms with Crippen LogP contribution in [0.4, 0.5) is 4.39 Å². The van der Waals surface area contributed by atoms with Gasteiger partial charge in [0.25, 0.3) is 0 Å². The van der Waals surface area contributed by atoms with E-state index in [0.29, 0.717) is 17.2 Å². The Kier molecular flexibility index (Phi) is 3.83. The number of thioether (sulfide) groups is 1. The molecule has 0 aromatic heterocycles. The van der Waals surface area contributed by atoms with Crippen LogP contribution < -0.4 is 5.73 Å². The summed E-state index contributed by atoms with van der Waals surface area (Å²) >= 11 is 1.68. The molecule has 0 radical (unpaired) electrons. The SMILES string of the molecule is CN1CC(CN)CC1c1ccc(SC2CC2)c(F)c1. The Morgan fingerprint density at radius 2 is 2.21 bits per heavy atom. The average Bonchev–Trinajstić information content (AvgIpc) is 3.13. The minimum absolute atomic E-state index is 0.0565. The van der Waals surface area contributed by atoms with Crippen LogP contribution in [-0.4, -0.2) is 30.3 Å². The summed E-state index contributed by atoms with van der Waals surface area (Å²) in [5.41, 5.74) is 6.84. The first kappa shape index (κ1) is 13.4. The Balaban J connectivity index is 1.75. The van der Waals surface area contributed by atoms with E-state index >= 15 is 0 Å². The Morgan fingerprint density at radius 1 is 1.42 bits per heavy atom. The van der Waals surface area contributed by atoms with Crippen molar-refractivity contribution in [2.75, 3.05) is 20.1 Å². The van der Waals surface area contributed by atoms with Crippen molar-refractivity contribution in [3.63, 3.8) is 0 Å². The molecule has 104 valence electrons. The fourth-order valence-corrected chi connectivity index (χ4v) is 3.90. The van der Waals surface area contributed by atoms with Crippen molar-refractivity contribution in [2.24, 2.45) is 11.7 Å². The molecule has 0 spiro atoms. The fourth-order valence-electron chi connectivity index (χ4n) is 2.85. The third-order valence-electron chi connectivity index (χ3n) is 4.13. The lowest BCUT2D eigenvalue weighted by atomic mass is 10.00. The van der Waals surface area contributed by atoms with Gasteiger partial charge in [0.1, 0.15) is 5.82 Å². The van der Waals surface area contributed by atoms with E-state index < -0.39 is 0 Å². The molecule has 1 aromatic rings. The molecule has 2 atom stereocenters. The van der Waals surface area contributed by atoms with E-state index in [-0.39, 0.29) is 5.82 Å². The summed E-state index contributed by atoms with van der Waals surface area (Å²) in [7, 11) is 2.10. The highest BCUT2D eigenvalue weighted by atomic mass is 32.2. The minimum atomic E-state index is -0.0565.